The third-order valence-corrected chi connectivity index (χ3v) is 8.69. The van der Waals surface area contributed by atoms with Crippen molar-refractivity contribution in [1.82, 2.24) is 9.62 Å². The molecular formula is C21H29N3O3S2. The number of hydrogen-bond donors (Lipinski definition) is 1. The SMILES string of the molecule is Cc1ccc(S(=O)(=O)NC[C@@H](c2ccc3c(c2)CCCN3C)N2CCOCC2)s1. The lowest BCUT2D eigenvalue weighted by Gasteiger charge is -2.36. The molecule has 0 spiro atoms. The number of ether oxygens (including phenoxy) is 1. The predicted molar refractivity (Wildman–Crippen MR) is 117 cm³/mol. The second-order valence-corrected chi connectivity index (χ2v) is 11.1. The van der Waals surface area contributed by atoms with Crippen molar-refractivity contribution in [3.63, 3.8) is 0 Å². The first-order valence-electron chi connectivity index (χ1n) is 10.2. The molecule has 3 heterocycles. The number of fused-ring (bicyclic) bond motifs is 1. The number of nitrogens with one attached hydrogen (secondary N) is 1. The van der Waals surface area contributed by atoms with Gasteiger partial charge >= 0.3 is 0 Å². The first kappa shape index (κ1) is 20.8. The highest BCUT2D eigenvalue weighted by Gasteiger charge is 2.27. The monoisotopic (exact) mass is 435 g/mol. The molecule has 1 saturated heterocycles. The highest BCUT2D eigenvalue weighted by molar-refractivity contribution is 7.91. The van der Waals surface area contributed by atoms with Crippen LogP contribution in [-0.4, -0.2) is 59.8 Å². The Balaban J connectivity index is 1.58. The van der Waals surface area contributed by atoms with Gasteiger partial charge in [-0.3, -0.25) is 4.90 Å². The number of rotatable bonds is 6. The highest BCUT2D eigenvalue weighted by Crippen LogP contribution is 2.31. The zero-order valence-electron chi connectivity index (χ0n) is 17.1. The lowest BCUT2D eigenvalue weighted by molar-refractivity contribution is 0.0172. The molecule has 8 heteroatoms. The van der Waals surface area contributed by atoms with E-state index >= 15 is 0 Å². The Kier molecular flexibility index (Phi) is 6.27. The lowest BCUT2D eigenvalue weighted by Crippen LogP contribution is -2.43. The maximum atomic E-state index is 12.8. The van der Waals surface area contributed by atoms with Crippen LogP contribution in [0.3, 0.4) is 0 Å². The third-order valence-electron chi connectivity index (χ3n) is 5.77. The molecule has 0 bridgehead atoms. The summed E-state index contributed by atoms with van der Waals surface area (Å²) in [5, 5.41) is 0. The molecule has 0 radical (unpaired) electrons. The molecule has 1 aromatic carbocycles. The fraction of sp³-hybridized carbons (Fsp3) is 0.524. The molecule has 0 amide bonds. The van der Waals surface area contributed by atoms with Crippen LogP contribution in [0.4, 0.5) is 5.69 Å². The molecule has 0 unspecified atom stereocenters. The van der Waals surface area contributed by atoms with Crippen LogP contribution in [0.15, 0.2) is 34.5 Å². The summed E-state index contributed by atoms with van der Waals surface area (Å²) < 4.78 is 34.3. The summed E-state index contributed by atoms with van der Waals surface area (Å²) in [5.74, 6) is 0. The Hall–Kier alpha value is -1.45. The smallest absolute Gasteiger partial charge is 0.250 e. The van der Waals surface area contributed by atoms with Crippen LogP contribution >= 0.6 is 11.3 Å². The molecule has 1 aromatic heterocycles. The van der Waals surface area contributed by atoms with Crippen LogP contribution < -0.4 is 9.62 Å². The van der Waals surface area contributed by atoms with Crippen molar-refractivity contribution in [2.45, 2.75) is 30.0 Å². The number of aryl methyl sites for hydroxylation is 2. The summed E-state index contributed by atoms with van der Waals surface area (Å²) in [6, 6.07) is 10.1. The average molecular weight is 436 g/mol. The van der Waals surface area contributed by atoms with Crippen molar-refractivity contribution < 1.29 is 13.2 Å². The first-order valence-corrected chi connectivity index (χ1v) is 12.5. The van der Waals surface area contributed by atoms with E-state index < -0.39 is 10.0 Å². The highest BCUT2D eigenvalue weighted by atomic mass is 32.2. The van der Waals surface area contributed by atoms with Crippen molar-refractivity contribution in [1.29, 1.82) is 0 Å². The predicted octanol–water partition coefficient (Wildman–Crippen LogP) is 2.79. The number of anilines is 1. The second kappa shape index (κ2) is 8.73. The maximum absolute atomic E-state index is 12.8. The molecule has 0 aliphatic carbocycles. The van der Waals surface area contributed by atoms with E-state index in [9.17, 15) is 8.42 Å². The van der Waals surface area contributed by atoms with Crippen LogP contribution in [0.1, 0.15) is 28.5 Å². The van der Waals surface area contributed by atoms with Crippen molar-refractivity contribution in [3.8, 4) is 0 Å². The summed E-state index contributed by atoms with van der Waals surface area (Å²) >= 11 is 1.31. The van der Waals surface area contributed by atoms with Crippen LogP contribution in [0.5, 0.6) is 0 Å². The van der Waals surface area contributed by atoms with Crippen molar-refractivity contribution in [3.05, 3.63) is 46.3 Å². The average Bonchev–Trinajstić information content (AvgIpc) is 3.16. The molecule has 1 fully saturated rings. The topological polar surface area (TPSA) is 61.9 Å². The van der Waals surface area contributed by atoms with Gasteiger partial charge in [-0.2, -0.15) is 0 Å². The molecule has 4 rings (SSSR count). The maximum Gasteiger partial charge on any atom is 0.250 e. The second-order valence-electron chi connectivity index (χ2n) is 7.79. The molecule has 2 aliphatic heterocycles. The van der Waals surface area contributed by atoms with E-state index in [1.54, 1.807) is 6.07 Å². The Morgan fingerprint density at radius 2 is 1.97 bits per heavy atom. The Morgan fingerprint density at radius 3 is 2.69 bits per heavy atom. The fourth-order valence-electron chi connectivity index (χ4n) is 4.18. The van der Waals surface area contributed by atoms with E-state index in [2.05, 4.69) is 39.8 Å². The molecule has 1 atom stereocenters. The minimum Gasteiger partial charge on any atom is -0.379 e. The van der Waals surface area contributed by atoms with Crippen LogP contribution in [0, 0.1) is 6.92 Å². The molecule has 1 N–H and O–H groups in total. The van der Waals surface area contributed by atoms with Gasteiger partial charge in [0.15, 0.2) is 0 Å². The van der Waals surface area contributed by atoms with Gasteiger partial charge in [0.05, 0.1) is 13.2 Å². The van der Waals surface area contributed by atoms with Gasteiger partial charge in [-0.25, -0.2) is 13.1 Å². The van der Waals surface area contributed by atoms with Gasteiger partial charge in [0, 0.05) is 49.8 Å². The van der Waals surface area contributed by atoms with Crippen LogP contribution in [-0.2, 0) is 21.2 Å². The number of nitrogens with zero attached hydrogens (tertiary/aromatic N) is 2. The summed E-state index contributed by atoms with van der Waals surface area (Å²) in [4.78, 5) is 5.63. The summed E-state index contributed by atoms with van der Waals surface area (Å²) in [7, 11) is -1.37. The largest absolute Gasteiger partial charge is 0.379 e. The van der Waals surface area contributed by atoms with Gasteiger partial charge in [0.25, 0.3) is 0 Å². The molecular weight excluding hydrogens is 406 g/mol. The molecule has 2 aliphatic rings. The van der Waals surface area contributed by atoms with Crippen LogP contribution in [0.2, 0.25) is 0 Å². The molecule has 2 aromatic rings. The quantitative estimate of drug-likeness (QED) is 0.756. The Labute approximate surface area is 177 Å². The summed E-state index contributed by atoms with van der Waals surface area (Å²) in [5.41, 5.74) is 3.81. The van der Waals surface area contributed by atoms with Gasteiger partial charge in [0.2, 0.25) is 10.0 Å². The lowest BCUT2D eigenvalue weighted by atomic mass is 9.96. The Bertz CT molecular complexity index is 952. The first-order chi connectivity index (χ1) is 13.9. The van der Waals surface area contributed by atoms with E-state index in [0.29, 0.717) is 24.0 Å². The third kappa shape index (κ3) is 4.67. The van der Waals surface area contributed by atoms with E-state index in [1.807, 2.05) is 13.0 Å². The summed E-state index contributed by atoms with van der Waals surface area (Å²) in [6.07, 6.45) is 2.23. The Morgan fingerprint density at radius 1 is 1.17 bits per heavy atom. The normalized spacial score (nSPS) is 19.2. The van der Waals surface area contributed by atoms with Crippen molar-refractivity contribution >= 4 is 27.0 Å². The van der Waals surface area contributed by atoms with E-state index in [-0.39, 0.29) is 6.04 Å². The molecule has 158 valence electrons. The zero-order valence-corrected chi connectivity index (χ0v) is 18.7. The fourth-order valence-corrected chi connectivity index (χ4v) is 6.54. The van der Waals surface area contributed by atoms with Gasteiger partial charge < -0.3 is 9.64 Å². The summed E-state index contributed by atoms with van der Waals surface area (Å²) in [6.45, 7) is 6.34. The number of sulfonamides is 1. The minimum atomic E-state index is -3.50. The van der Waals surface area contributed by atoms with E-state index in [4.69, 9.17) is 4.74 Å². The standard InChI is InChI=1S/C21H29N3O3S2/c1-16-5-8-21(28-16)29(25,26)22-15-20(24-10-12-27-13-11-24)18-6-7-19-17(14-18)4-3-9-23(19)2/h5-8,14,20,22H,3-4,9-13,15H2,1-2H3/t20-/m0/s1. The van der Waals surface area contributed by atoms with E-state index in [0.717, 1.165) is 37.4 Å². The van der Waals surface area contributed by atoms with Crippen molar-refractivity contribution in [2.75, 3.05) is 51.3 Å². The minimum absolute atomic E-state index is 0.00716. The molecule has 6 nitrogen and oxygen atoms in total. The molecule has 29 heavy (non-hydrogen) atoms. The van der Waals surface area contributed by atoms with Gasteiger partial charge in [-0.1, -0.05) is 12.1 Å². The van der Waals surface area contributed by atoms with Gasteiger partial charge in [0.1, 0.15) is 4.21 Å². The number of thiophene rings is 1. The zero-order chi connectivity index (χ0) is 20.4. The number of hydrogen-bond acceptors (Lipinski definition) is 6. The number of morpholine rings is 1. The van der Waals surface area contributed by atoms with Crippen molar-refractivity contribution in [2.24, 2.45) is 0 Å². The van der Waals surface area contributed by atoms with Crippen LogP contribution in [0.25, 0.3) is 0 Å². The van der Waals surface area contributed by atoms with E-state index in [1.165, 1.54) is 28.2 Å². The van der Waals surface area contributed by atoms with Gasteiger partial charge in [-0.15, -0.1) is 11.3 Å². The van der Waals surface area contributed by atoms with Gasteiger partial charge in [-0.05, 0) is 49.1 Å². The molecule has 0 saturated carbocycles. The number of benzene rings is 1.